The van der Waals surface area contributed by atoms with Crippen molar-refractivity contribution in [3.63, 3.8) is 0 Å². The molecule has 6 heteroatoms. The highest BCUT2D eigenvalue weighted by molar-refractivity contribution is 6.11. The van der Waals surface area contributed by atoms with Crippen molar-refractivity contribution in [2.45, 2.75) is 91.8 Å². The highest BCUT2D eigenvalue weighted by Crippen LogP contribution is 2.43. The fourth-order valence-corrected chi connectivity index (χ4v) is 4.41. The fraction of sp³-hybridized carbons (Fsp3) is 0.500. The number of benzene rings is 3. The summed E-state index contributed by atoms with van der Waals surface area (Å²) in [7, 11) is 0. The minimum atomic E-state index is -0.165. The summed E-state index contributed by atoms with van der Waals surface area (Å²) in [4.78, 5) is 23.7. The summed E-state index contributed by atoms with van der Waals surface area (Å²) in [6.07, 6.45) is 4.47. The predicted molar refractivity (Wildman–Crippen MR) is 152 cm³/mol. The van der Waals surface area contributed by atoms with Gasteiger partial charge in [0, 0.05) is 34.4 Å². The highest BCUT2D eigenvalue weighted by Gasteiger charge is 2.17. The van der Waals surface area contributed by atoms with Gasteiger partial charge in [-0.15, -0.1) is 0 Å². The topological polar surface area (TPSA) is 71.1 Å². The SMILES string of the molecule is CCc1ccc2c(OCCCCC(=O)OC(C)C)c3ccccc3c(OCCCCC(=O)OC(C)C)c2c1. The standard InChI is InChI=1S/C32H42O6/c1-6-24-17-18-27-28(21-24)32(36-20-12-10-16-30(34)38-23(4)5)26-14-8-7-13-25(26)31(27)35-19-11-9-15-29(33)37-22(2)3/h7-8,13-14,17-18,21-23H,6,9-12,15-16,19-20H2,1-5H3. The van der Waals surface area contributed by atoms with Gasteiger partial charge in [-0.1, -0.05) is 43.3 Å². The number of hydrogen-bond donors (Lipinski definition) is 0. The second kappa shape index (κ2) is 14.6. The molecule has 3 aromatic carbocycles. The first kappa shape index (κ1) is 29.3. The lowest BCUT2D eigenvalue weighted by Crippen LogP contribution is -2.11. The van der Waals surface area contributed by atoms with Crippen molar-refractivity contribution in [2.24, 2.45) is 0 Å². The molecular weight excluding hydrogens is 480 g/mol. The van der Waals surface area contributed by atoms with Gasteiger partial charge >= 0.3 is 11.9 Å². The Kier molecular flexibility index (Phi) is 11.3. The Hall–Kier alpha value is -3.28. The Balaban J connectivity index is 1.77. The molecule has 0 fully saturated rings. The lowest BCUT2D eigenvalue weighted by Gasteiger charge is -2.18. The Morgan fingerprint density at radius 1 is 0.658 bits per heavy atom. The van der Waals surface area contributed by atoms with Crippen LogP contribution in [0.5, 0.6) is 11.5 Å². The van der Waals surface area contributed by atoms with E-state index in [1.807, 2.05) is 39.8 Å². The average Bonchev–Trinajstić information content (AvgIpc) is 2.87. The van der Waals surface area contributed by atoms with Gasteiger partial charge in [0.15, 0.2) is 0 Å². The Morgan fingerprint density at radius 2 is 1.13 bits per heavy atom. The van der Waals surface area contributed by atoms with Gasteiger partial charge in [-0.25, -0.2) is 0 Å². The number of unbranched alkanes of at least 4 members (excludes halogenated alkanes) is 2. The molecule has 3 rings (SSSR count). The molecule has 0 N–H and O–H groups in total. The van der Waals surface area contributed by atoms with E-state index < -0.39 is 0 Å². The summed E-state index contributed by atoms with van der Waals surface area (Å²) in [5, 5.41) is 4.04. The normalized spacial score (nSPS) is 11.3. The van der Waals surface area contributed by atoms with Crippen molar-refractivity contribution in [2.75, 3.05) is 13.2 Å². The van der Waals surface area contributed by atoms with Crippen molar-refractivity contribution < 1.29 is 28.5 Å². The molecule has 0 aromatic heterocycles. The van der Waals surface area contributed by atoms with Crippen LogP contribution in [0.4, 0.5) is 0 Å². The van der Waals surface area contributed by atoms with E-state index in [0.717, 1.165) is 52.3 Å². The highest BCUT2D eigenvalue weighted by atomic mass is 16.5. The van der Waals surface area contributed by atoms with Crippen LogP contribution >= 0.6 is 0 Å². The van der Waals surface area contributed by atoms with Crippen molar-refractivity contribution in [3.05, 3.63) is 48.0 Å². The van der Waals surface area contributed by atoms with Crippen LogP contribution in [0.1, 0.15) is 78.7 Å². The lowest BCUT2D eigenvalue weighted by molar-refractivity contribution is -0.148. The molecule has 38 heavy (non-hydrogen) atoms. The third-order valence-corrected chi connectivity index (χ3v) is 6.18. The molecule has 0 aliphatic heterocycles. The maximum atomic E-state index is 11.8. The molecule has 0 aliphatic carbocycles. The number of esters is 2. The number of carbonyl (C=O) groups excluding carboxylic acids is 2. The van der Waals surface area contributed by atoms with Crippen LogP contribution in [0.15, 0.2) is 42.5 Å². The second-order valence-electron chi connectivity index (χ2n) is 10.1. The monoisotopic (exact) mass is 522 g/mol. The summed E-state index contributed by atoms with van der Waals surface area (Å²) in [5.41, 5.74) is 1.23. The van der Waals surface area contributed by atoms with E-state index in [4.69, 9.17) is 18.9 Å². The zero-order valence-electron chi connectivity index (χ0n) is 23.5. The predicted octanol–water partition coefficient (Wildman–Crippen LogP) is 7.56. The van der Waals surface area contributed by atoms with Crippen molar-refractivity contribution >= 4 is 33.5 Å². The van der Waals surface area contributed by atoms with Crippen LogP contribution < -0.4 is 9.47 Å². The van der Waals surface area contributed by atoms with E-state index in [0.29, 0.717) is 38.9 Å². The molecule has 0 saturated carbocycles. The van der Waals surface area contributed by atoms with Crippen molar-refractivity contribution in [1.29, 1.82) is 0 Å². The summed E-state index contributed by atoms with van der Waals surface area (Å²) in [6.45, 7) is 10.6. The molecule has 0 heterocycles. The fourth-order valence-electron chi connectivity index (χ4n) is 4.41. The van der Waals surface area contributed by atoms with Gasteiger partial charge < -0.3 is 18.9 Å². The van der Waals surface area contributed by atoms with E-state index >= 15 is 0 Å². The van der Waals surface area contributed by atoms with E-state index in [9.17, 15) is 9.59 Å². The molecule has 3 aromatic rings. The van der Waals surface area contributed by atoms with Gasteiger partial charge in [0.05, 0.1) is 25.4 Å². The molecular formula is C32H42O6. The molecule has 0 spiro atoms. The smallest absolute Gasteiger partial charge is 0.306 e. The Bertz CT molecular complexity index is 1210. The molecule has 206 valence electrons. The maximum Gasteiger partial charge on any atom is 0.306 e. The number of rotatable bonds is 15. The summed E-state index contributed by atoms with van der Waals surface area (Å²) >= 11 is 0. The van der Waals surface area contributed by atoms with Crippen LogP contribution in [0, 0.1) is 0 Å². The molecule has 0 amide bonds. The van der Waals surface area contributed by atoms with Gasteiger partial charge in [-0.05, 0) is 71.4 Å². The van der Waals surface area contributed by atoms with Crippen LogP contribution in [-0.2, 0) is 25.5 Å². The van der Waals surface area contributed by atoms with Crippen LogP contribution in [0.3, 0.4) is 0 Å². The van der Waals surface area contributed by atoms with Gasteiger partial charge in [-0.2, -0.15) is 0 Å². The van der Waals surface area contributed by atoms with Gasteiger partial charge in [0.1, 0.15) is 11.5 Å². The Labute approximate surface area is 226 Å². The molecule has 0 bridgehead atoms. The van der Waals surface area contributed by atoms with Gasteiger partial charge in [-0.3, -0.25) is 9.59 Å². The van der Waals surface area contributed by atoms with Gasteiger partial charge in [0.2, 0.25) is 0 Å². The first-order valence-electron chi connectivity index (χ1n) is 13.9. The third-order valence-electron chi connectivity index (χ3n) is 6.18. The molecule has 0 saturated heterocycles. The maximum absolute atomic E-state index is 11.8. The zero-order chi connectivity index (χ0) is 27.5. The Morgan fingerprint density at radius 3 is 1.61 bits per heavy atom. The minimum absolute atomic E-state index is 0.0911. The van der Waals surface area contributed by atoms with Crippen molar-refractivity contribution in [3.8, 4) is 11.5 Å². The lowest BCUT2D eigenvalue weighted by atomic mass is 9.98. The van der Waals surface area contributed by atoms with E-state index in [1.54, 1.807) is 0 Å². The zero-order valence-corrected chi connectivity index (χ0v) is 23.5. The number of ether oxygens (including phenoxy) is 4. The average molecular weight is 523 g/mol. The van der Waals surface area contributed by atoms with Crippen LogP contribution in [-0.4, -0.2) is 37.4 Å². The third kappa shape index (κ3) is 8.37. The summed E-state index contributed by atoms with van der Waals surface area (Å²) in [6, 6.07) is 14.6. The second-order valence-corrected chi connectivity index (χ2v) is 10.1. The number of aryl methyl sites for hydroxylation is 1. The first-order valence-corrected chi connectivity index (χ1v) is 13.9. The molecule has 0 radical (unpaired) electrons. The number of carbonyl (C=O) groups is 2. The molecule has 0 atom stereocenters. The first-order chi connectivity index (χ1) is 18.3. The summed E-state index contributed by atoms with van der Waals surface area (Å²) in [5.74, 6) is 1.36. The minimum Gasteiger partial charge on any atom is -0.492 e. The number of fused-ring (bicyclic) bond motifs is 2. The van der Waals surface area contributed by atoms with Crippen molar-refractivity contribution in [1.82, 2.24) is 0 Å². The van der Waals surface area contributed by atoms with E-state index in [1.165, 1.54) is 5.56 Å². The van der Waals surface area contributed by atoms with Gasteiger partial charge in [0.25, 0.3) is 0 Å². The number of hydrogen-bond acceptors (Lipinski definition) is 6. The molecule has 0 unspecified atom stereocenters. The van der Waals surface area contributed by atoms with E-state index in [2.05, 4.69) is 37.3 Å². The summed E-state index contributed by atoms with van der Waals surface area (Å²) < 4.78 is 23.2. The molecule has 0 aliphatic rings. The van der Waals surface area contributed by atoms with E-state index in [-0.39, 0.29) is 24.1 Å². The molecule has 6 nitrogen and oxygen atoms in total. The van der Waals surface area contributed by atoms with Crippen LogP contribution in [0.25, 0.3) is 21.5 Å². The largest absolute Gasteiger partial charge is 0.492 e. The quantitative estimate of drug-likeness (QED) is 0.117. The van der Waals surface area contributed by atoms with Crippen LogP contribution in [0.2, 0.25) is 0 Å².